The van der Waals surface area contributed by atoms with Crippen molar-refractivity contribution in [1.29, 1.82) is 0 Å². The summed E-state index contributed by atoms with van der Waals surface area (Å²) >= 11 is 0. The van der Waals surface area contributed by atoms with Crippen molar-refractivity contribution in [2.75, 3.05) is 13.1 Å². The molecule has 1 aliphatic heterocycles. The minimum atomic E-state index is -0.326. The maximum absolute atomic E-state index is 11.9. The molecule has 0 bridgehead atoms. The van der Waals surface area contributed by atoms with E-state index in [2.05, 4.69) is 31.0 Å². The second kappa shape index (κ2) is 7.74. The quantitative estimate of drug-likeness (QED) is 0.756. The Morgan fingerprint density at radius 3 is 2.50 bits per heavy atom. The highest BCUT2D eigenvalue weighted by atomic mass is 16.2. The molecule has 18 heavy (non-hydrogen) atoms. The predicted molar refractivity (Wildman–Crippen MR) is 75.4 cm³/mol. The van der Waals surface area contributed by atoms with E-state index >= 15 is 0 Å². The molecule has 1 fully saturated rings. The van der Waals surface area contributed by atoms with Crippen LogP contribution in [-0.2, 0) is 4.79 Å². The standard InChI is InChI=1S/C14H29N3O/c1-4-5-6-13(15)14(18)16-12-7-9-17(10-8-12)11(2)3/h11-13H,4-10,15H2,1-3H3,(H,16,18)/t13-/m0/s1. The fourth-order valence-corrected chi connectivity index (χ4v) is 2.42. The number of likely N-dealkylation sites (tertiary alicyclic amines) is 1. The van der Waals surface area contributed by atoms with Crippen LogP contribution < -0.4 is 11.1 Å². The van der Waals surface area contributed by atoms with E-state index in [1.807, 2.05) is 0 Å². The van der Waals surface area contributed by atoms with Gasteiger partial charge in [-0.25, -0.2) is 0 Å². The molecule has 4 heteroatoms. The van der Waals surface area contributed by atoms with Gasteiger partial charge in [0.15, 0.2) is 0 Å². The lowest BCUT2D eigenvalue weighted by Crippen LogP contribution is -2.50. The van der Waals surface area contributed by atoms with Crippen LogP contribution in [0.15, 0.2) is 0 Å². The van der Waals surface area contributed by atoms with Gasteiger partial charge in [0.25, 0.3) is 0 Å². The molecule has 3 N–H and O–H groups in total. The van der Waals surface area contributed by atoms with Crippen LogP contribution in [0.5, 0.6) is 0 Å². The maximum Gasteiger partial charge on any atom is 0.237 e. The fourth-order valence-electron chi connectivity index (χ4n) is 2.42. The van der Waals surface area contributed by atoms with Gasteiger partial charge < -0.3 is 16.0 Å². The fraction of sp³-hybridized carbons (Fsp3) is 0.929. The summed E-state index contributed by atoms with van der Waals surface area (Å²) in [5.41, 5.74) is 5.87. The number of hydrogen-bond acceptors (Lipinski definition) is 3. The van der Waals surface area contributed by atoms with Crippen LogP contribution in [0.2, 0.25) is 0 Å². The van der Waals surface area contributed by atoms with Gasteiger partial charge in [0.1, 0.15) is 0 Å². The van der Waals surface area contributed by atoms with Crippen molar-refractivity contribution in [3.63, 3.8) is 0 Å². The highest BCUT2D eigenvalue weighted by molar-refractivity contribution is 5.81. The number of unbranched alkanes of at least 4 members (excludes halogenated alkanes) is 1. The molecule has 4 nitrogen and oxygen atoms in total. The van der Waals surface area contributed by atoms with Crippen molar-refractivity contribution >= 4 is 5.91 Å². The Hall–Kier alpha value is -0.610. The summed E-state index contributed by atoms with van der Waals surface area (Å²) < 4.78 is 0. The SMILES string of the molecule is CCCC[C@H](N)C(=O)NC1CCN(C(C)C)CC1. The first kappa shape index (κ1) is 15.4. The van der Waals surface area contributed by atoms with Gasteiger partial charge in [-0.05, 0) is 33.1 Å². The molecule has 1 atom stereocenters. The normalized spacial score (nSPS) is 20.1. The van der Waals surface area contributed by atoms with Crippen LogP contribution in [0.25, 0.3) is 0 Å². The van der Waals surface area contributed by atoms with Gasteiger partial charge in [-0.1, -0.05) is 19.8 Å². The van der Waals surface area contributed by atoms with Gasteiger partial charge in [-0.15, -0.1) is 0 Å². The number of nitrogens with two attached hydrogens (primary N) is 1. The lowest BCUT2D eigenvalue weighted by molar-refractivity contribution is -0.123. The first-order valence-corrected chi connectivity index (χ1v) is 7.34. The van der Waals surface area contributed by atoms with E-state index in [1.165, 1.54) is 0 Å². The molecule has 0 aliphatic carbocycles. The Morgan fingerprint density at radius 1 is 1.39 bits per heavy atom. The molecule has 0 aromatic carbocycles. The highest BCUT2D eigenvalue weighted by Gasteiger charge is 2.23. The number of piperidine rings is 1. The Morgan fingerprint density at radius 2 is 2.00 bits per heavy atom. The number of carbonyl (C=O) groups is 1. The van der Waals surface area contributed by atoms with Gasteiger partial charge in [-0.2, -0.15) is 0 Å². The van der Waals surface area contributed by atoms with E-state index in [0.29, 0.717) is 12.1 Å². The minimum absolute atomic E-state index is 0.0337. The largest absolute Gasteiger partial charge is 0.352 e. The Balaban J connectivity index is 2.25. The zero-order chi connectivity index (χ0) is 13.5. The third-order valence-corrected chi connectivity index (χ3v) is 3.81. The van der Waals surface area contributed by atoms with Gasteiger partial charge in [0.2, 0.25) is 5.91 Å². The summed E-state index contributed by atoms with van der Waals surface area (Å²) in [4.78, 5) is 14.3. The molecule has 0 spiro atoms. The van der Waals surface area contributed by atoms with Crippen molar-refractivity contribution in [2.24, 2.45) is 5.73 Å². The molecule has 0 saturated carbocycles. The van der Waals surface area contributed by atoms with E-state index in [0.717, 1.165) is 45.2 Å². The Kier molecular flexibility index (Phi) is 6.65. The molecule has 0 unspecified atom stereocenters. The van der Waals surface area contributed by atoms with Crippen LogP contribution in [0, 0.1) is 0 Å². The molecule has 1 amide bonds. The van der Waals surface area contributed by atoms with Gasteiger partial charge in [0.05, 0.1) is 6.04 Å². The van der Waals surface area contributed by atoms with Gasteiger partial charge >= 0.3 is 0 Å². The number of rotatable bonds is 6. The lowest BCUT2D eigenvalue weighted by Gasteiger charge is -2.35. The van der Waals surface area contributed by atoms with Crippen molar-refractivity contribution < 1.29 is 4.79 Å². The summed E-state index contributed by atoms with van der Waals surface area (Å²) in [5, 5.41) is 3.10. The van der Waals surface area contributed by atoms with E-state index < -0.39 is 0 Å². The van der Waals surface area contributed by atoms with E-state index in [9.17, 15) is 4.79 Å². The molecule has 0 radical (unpaired) electrons. The third-order valence-electron chi connectivity index (χ3n) is 3.81. The lowest BCUT2D eigenvalue weighted by atomic mass is 10.0. The topological polar surface area (TPSA) is 58.4 Å². The van der Waals surface area contributed by atoms with Crippen LogP contribution in [0.3, 0.4) is 0 Å². The van der Waals surface area contributed by atoms with Crippen LogP contribution in [0.4, 0.5) is 0 Å². The average Bonchev–Trinajstić information content (AvgIpc) is 2.36. The number of amides is 1. The molecule has 0 aromatic heterocycles. The molecule has 0 aromatic rings. The second-order valence-corrected chi connectivity index (χ2v) is 5.66. The smallest absolute Gasteiger partial charge is 0.237 e. The van der Waals surface area contributed by atoms with E-state index in [1.54, 1.807) is 0 Å². The molecule has 106 valence electrons. The van der Waals surface area contributed by atoms with Gasteiger partial charge in [-0.3, -0.25) is 4.79 Å². The van der Waals surface area contributed by atoms with Crippen molar-refractivity contribution in [3.05, 3.63) is 0 Å². The Labute approximate surface area is 111 Å². The molecular formula is C14H29N3O. The van der Waals surface area contributed by atoms with Crippen LogP contribution >= 0.6 is 0 Å². The first-order valence-electron chi connectivity index (χ1n) is 7.34. The van der Waals surface area contributed by atoms with Crippen molar-refractivity contribution in [3.8, 4) is 0 Å². The predicted octanol–water partition coefficient (Wildman–Crippen LogP) is 1.49. The number of hydrogen-bond donors (Lipinski definition) is 2. The van der Waals surface area contributed by atoms with Crippen LogP contribution in [0.1, 0.15) is 52.9 Å². The molecule has 1 saturated heterocycles. The zero-order valence-corrected chi connectivity index (χ0v) is 12.1. The molecule has 1 aliphatic rings. The monoisotopic (exact) mass is 255 g/mol. The number of nitrogens with zero attached hydrogens (tertiary/aromatic N) is 1. The molecular weight excluding hydrogens is 226 g/mol. The minimum Gasteiger partial charge on any atom is -0.352 e. The first-order chi connectivity index (χ1) is 8.54. The number of nitrogens with one attached hydrogen (secondary N) is 1. The van der Waals surface area contributed by atoms with Crippen molar-refractivity contribution in [2.45, 2.75) is 71.0 Å². The summed E-state index contributed by atoms with van der Waals surface area (Å²) in [5.74, 6) is 0.0337. The zero-order valence-electron chi connectivity index (χ0n) is 12.1. The maximum atomic E-state index is 11.9. The van der Waals surface area contributed by atoms with E-state index in [4.69, 9.17) is 5.73 Å². The summed E-state index contributed by atoms with van der Waals surface area (Å²) in [6, 6.07) is 0.599. The second-order valence-electron chi connectivity index (χ2n) is 5.66. The average molecular weight is 255 g/mol. The van der Waals surface area contributed by atoms with Gasteiger partial charge in [0, 0.05) is 25.2 Å². The highest BCUT2D eigenvalue weighted by Crippen LogP contribution is 2.13. The molecule has 1 heterocycles. The van der Waals surface area contributed by atoms with Crippen LogP contribution in [-0.4, -0.2) is 42.0 Å². The van der Waals surface area contributed by atoms with E-state index in [-0.39, 0.29) is 11.9 Å². The summed E-state index contributed by atoms with van der Waals surface area (Å²) in [7, 11) is 0. The summed E-state index contributed by atoms with van der Waals surface area (Å²) in [6.45, 7) is 8.71. The number of carbonyl (C=O) groups excluding carboxylic acids is 1. The Bertz CT molecular complexity index is 247. The molecule has 1 rings (SSSR count). The van der Waals surface area contributed by atoms with Crippen molar-refractivity contribution in [1.82, 2.24) is 10.2 Å². The third kappa shape index (κ3) is 4.94. The summed E-state index contributed by atoms with van der Waals surface area (Å²) in [6.07, 6.45) is 5.01.